The van der Waals surface area contributed by atoms with Crippen molar-refractivity contribution in [3.63, 3.8) is 0 Å². The van der Waals surface area contributed by atoms with E-state index < -0.39 is 23.4 Å². The maximum Gasteiger partial charge on any atom is 0.335 e. The topological polar surface area (TPSA) is 37.3 Å². The fourth-order valence-electron chi connectivity index (χ4n) is 4.93. The SMILES string of the molecule is CCCCCCC[C@H]1CC[C@H](c2c(C(=O)O)cccc2-c2cc(F)c(F)c(F)c2)CC1. The van der Waals surface area contributed by atoms with E-state index >= 15 is 0 Å². The van der Waals surface area contributed by atoms with E-state index in [1.165, 1.54) is 44.6 Å². The van der Waals surface area contributed by atoms with Crippen molar-refractivity contribution in [2.75, 3.05) is 0 Å². The van der Waals surface area contributed by atoms with Gasteiger partial charge in [-0.1, -0.05) is 57.6 Å². The molecule has 1 fully saturated rings. The van der Waals surface area contributed by atoms with Crippen molar-refractivity contribution in [1.82, 2.24) is 0 Å². The second-order valence-corrected chi connectivity index (χ2v) is 8.75. The molecule has 1 aliphatic carbocycles. The molecule has 0 aromatic heterocycles. The molecule has 0 atom stereocenters. The Labute approximate surface area is 182 Å². The highest BCUT2D eigenvalue weighted by atomic mass is 19.2. The summed E-state index contributed by atoms with van der Waals surface area (Å²) in [5.74, 6) is -4.45. The molecule has 0 radical (unpaired) electrons. The van der Waals surface area contributed by atoms with Gasteiger partial charge in [0.25, 0.3) is 0 Å². The number of benzene rings is 2. The predicted molar refractivity (Wildman–Crippen MR) is 117 cm³/mol. The summed E-state index contributed by atoms with van der Waals surface area (Å²) < 4.78 is 41.2. The Morgan fingerprint density at radius 1 is 0.968 bits per heavy atom. The van der Waals surface area contributed by atoms with Crippen LogP contribution in [0.3, 0.4) is 0 Å². The molecule has 0 amide bonds. The highest BCUT2D eigenvalue weighted by Gasteiger charge is 2.28. The van der Waals surface area contributed by atoms with Gasteiger partial charge in [-0.15, -0.1) is 0 Å². The average molecular weight is 433 g/mol. The maximum absolute atomic E-state index is 13.9. The molecule has 1 saturated carbocycles. The van der Waals surface area contributed by atoms with Gasteiger partial charge >= 0.3 is 5.97 Å². The summed E-state index contributed by atoms with van der Waals surface area (Å²) in [4.78, 5) is 11.9. The number of aromatic carboxylic acids is 1. The van der Waals surface area contributed by atoms with Crippen molar-refractivity contribution in [3.8, 4) is 11.1 Å². The van der Waals surface area contributed by atoms with Gasteiger partial charge in [0.15, 0.2) is 17.5 Å². The fraction of sp³-hybridized carbons (Fsp3) is 0.500. The van der Waals surface area contributed by atoms with Gasteiger partial charge in [-0.05, 0) is 72.4 Å². The van der Waals surface area contributed by atoms with Crippen LogP contribution in [0.15, 0.2) is 30.3 Å². The number of carboxylic acids is 1. The Bertz CT molecular complexity index is 879. The van der Waals surface area contributed by atoms with E-state index in [0.717, 1.165) is 37.8 Å². The largest absolute Gasteiger partial charge is 0.478 e. The van der Waals surface area contributed by atoms with Crippen molar-refractivity contribution in [2.45, 2.75) is 77.0 Å². The zero-order valence-corrected chi connectivity index (χ0v) is 18.1. The number of hydrogen-bond donors (Lipinski definition) is 1. The summed E-state index contributed by atoms with van der Waals surface area (Å²) >= 11 is 0. The van der Waals surface area contributed by atoms with E-state index in [9.17, 15) is 23.1 Å². The molecule has 31 heavy (non-hydrogen) atoms. The van der Waals surface area contributed by atoms with Crippen LogP contribution in [-0.4, -0.2) is 11.1 Å². The summed E-state index contributed by atoms with van der Waals surface area (Å²) in [5.41, 5.74) is 1.42. The Hall–Kier alpha value is -2.30. The third-order valence-electron chi connectivity index (χ3n) is 6.60. The molecule has 0 heterocycles. The lowest BCUT2D eigenvalue weighted by molar-refractivity contribution is 0.0694. The van der Waals surface area contributed by atoms with Crippen LogP contribution in [0.4, 0.5) is 13.2 Å². The third kappa shape index (κ3) is 5.69. The van der Waals surface area contributed by atoms with Crippen LogP contribution in [0, 0.1) is 23.4 Å². The van der Waals surface area contributed by atoms with E-state index in [1.807, 2.05) is 0 Å². The van der Waals surface area contributed by atoms with Gasteiger partial charge in [0.2, 0.25) is 0 Å². The summed E-state index contributed by atoms with van der Waals surface area (Å²) in [7, 11) is 0. The highest BCUT2D eigenvalue weighted by Crippen LogP contribution is 2.43. The molecule has 1 N–H and O–H groups in total. The zero-order valence-electron chi connectivity index (χ0n) is 18.1. The van der Waals surface area contributed by atoms with E-state index in [2.05, 4.69) is 6.92 Å². The maximum atomic E-state index is 13.9. The van der Waals surface area contributed by atoms with Crippen LogP contribution in [0.5, 0.6) is 0 Å². The predicted octanol–water partition coefficient (Wildman–Crippen LogP) is 8.10. The van der Waals surface area contributed by atoms with Crippen molar-refractivity contribution in [2.24, 2.45) is 5.92 Å². The molecular weight excluding hydrogens is 401 g/mol. The smallest absolute Gasteiger partial charge is 0.335 e. The van der Waals surface area contributed by atoms with Gasteiger partial charge in [0.1, 0.15) is 0 Å². The minimum Gasteiger partial charge on any atom is -0.478 e. The zero-order chi connectivity index (χ0) is 22.4. The highest BCUT2D eigenvalue weighted by molar-refractivity contribution is 5.92. The second kappa shape index (κ2) is 10.8. The van der Waals surface area contributed by atoms with Crippen LogP contribution < -0.4 is 0 Å². The van der Waals surface area contributed by atoms with Crippen LogP contribution in [-0.2, 0) is 0 Å². The number of unbranched alkanes of at least 4 members (excludes halogenated alkanes) is 4. The number of carbonyl (C=O) groups is 1. The first kappa shape index (κ1) is 23.4. The Morgan fingerprint density at radius 3 is 2.23 bits per heavy atom. The lowest BCUT2D eigenvalue weighted by Gasteiger charge is -2.31. The molecular formula is C26H31F3O2. The molecule has 0 spiro atoms. The first-order valence-electron chi connectivity index (χ1n) is 11.4. The number of carboxylic acid groups (broad SMARTS) is 1. The van der Waals surface area contributed by atoms with Crippen LogP contribution in [0.1, 0.15) is 93.0 Å². The standard InChI is InChI=1S/C26H31F3O2/c1-2-3-4-5-6-8-17-11-13-18(14-12-17)24-20(9-7-10-21(24)26(30)31)19-15-22(27)25(29)23(28)16-19/h7,9-10,15-18H,2-6,8,11-14H2,1H3,(H,30,31)/t17-,18-. The summed E-state index contributed by atoms with van der Waals surface area (Å²) in [6.45, 7) is 2.21. The molecule has 3 rings (SSSR count). The van der Waals surface area contributed by atoms with E-state index in [1.54, 1.807) is 12.1 Å². The molecule has 0 bridgehead atoms. The molecule has 168 valence electrons. The van der Waals surface area contributed by atoms with E-state index in [0.29, 0.717) is 17.0 Å². The molecule has 2 nitrogen and oxygen atoms in total. The lowest BCUT2D eigenvalue weighted by atomic mass is 9.74. The molecule has 5 heteroatoms. The van der Waals surface area contributed by atoms with Crippen LogP contribution in [0.2, 0.25) is 0 Å². The van der Waals surface area contributed by atoms with Crippen molar-refractivity contribution < 1.29 is 23.1 Å². The Kier molecular flexibility index (Phi) is 8.16. The Balaban J connectivity index is 1.81. The van der Waals surface area contributed by atoms with Gasteiger partial charge in [-0.25, -0.2) is 18.0 Å². The summed E-state index contributed by atoms with van der Waals surface area (Å²) in [6.07, 6.45) is 11.3. The molecule has 0 aliphatic heterocycles. The van der Waals surface area contributed by atoms with Gasteiger partial charge in [0.05, 0.1) is 5.56 Å². The third-order valence-corrected chi connectivity index (χ3v) is 6.60. The van der Waals surface area contributed by atoms with Gasteiger partial charge < -0.3 is 5.11 Å². The fourth-order valence-corrected chi connectivity index (χ4v) is 4.93. The van der Waals surface area contributed by atoms with Gasteiger partial charge in [-0.3, -0.25) is 0 Å². The van der Waals surface area contributed by atoms with E-state index in [4.69, 9.17) is 0 Å². The van der Waals surface area contributed by atoms with Gasteiger partial charge in [-0.2, -0.15) is 0 Å². The lowest BCUT2D eigenvalue weighted by Crippen LogP contribution is -2.17. The number of hydrogen-bond acceptors (Lipinski definition) is 1. The van der Waals surface area contributed by atoms with Crippen LogP contribution >= 0.6 is 0 Å². The van der Waals surface area contributed by atoms with Crippen LogP contribution in [0.25, 0.3) is 11.1 Å². The average Bonchev–Trinajstić information content (AvgIpc) is 2.77. The summed E-state index contributed by atoms with van der Waals surface area (Å²) in [5, 5.41) is 9.75. The normalized spacial score (nSPS) is 18.8. The molecule has 1 aliphatic rings. The molecule has 2 aromatic carbocycles. The first-order chi connectivity index (χ1) is 14.9. The minimum absolute atomic E-state index is 0.00909. The molecule has 0 unspecified atom stereocenters. The first-order valence-corrected chi connectivity index (χ1v) is 11.4. The molecule has 0 saturated heterocycles. The second-order valence-electron chi connectivity index (χ2n) is 8.75. The minimum atomic E-state index is -1.51. The number of halogens is 3. The quantitative estimate of drug-likeness (QED) is 0.321. The monoisotopic (exact) mass is 432 g/mol. The Morgan fingerprint density at radius 2 is 1.61 bits per heavy atom. The van der Waals surface area contributed by atoms with E-state index in [-0.39, 0.29) is 17.0 Å². The van der Waals surface area contributed by atoms with Gasteiger partial charge in [0, 0.05) is 0 Å². The van der Waals surface area contributed by atoms with Crippen molar-refractivity contribution >= 4 is 5.97 Å². The van der Waals surface area contributed by atoms with Crippen molar-refractivity contribution in [3.05, 3.63) is 58.9 Å². The summed E-state index contributed by atoms with van der Waals surface area (Å²) in [6, 6.07) is 6.68. The van der Waals surface area contributed by atoms with Crippen molar-refractivity contribution in [1.29, 1.82) is 0 Å². The number of rotatable bonds is 9. The molecule has 2 aromatic rings.